The first-order valence-corrected chi connectivity index (χ1v) is 16.5. The lowest BCUT2D eigenvalue weighted by Gasteiger charge is -2.33. The molecule has 0 fully saturated rings. The van der Waals surface area contributed by atoms with Crippen LogP contribution in [0.5, 0.6) is 28.7 Å². The van der Waals surface area contributed by atoms with E-state index in [1.807, 2.05) is 13.8 Å². The predicted octanol–water partition coefficient (Wildman–Crippen LogP) is 4.50. The highest BCUT2D eigenvalue weighted by molar-refractivity contribution is 7.92. The molecule has 3 aromatic carbocycles. The summed E-state index contributed by atoms with van der Waals surface area (Å²) in [4.78, 5) is 29.2. The number of nitrogens with zero attached hydrogens (tertiary/aromatic N) is 2. The number of hydrogen-bond donors (Lipinski definition) is 1. The number of benzene rings is 3. The van der Waals surface area contributed by atoms with E-state index in [9.17, 15) is 18.0 Å². The van der Waals surface area contributed by atoms with Crippen LogP contribution in [-0.2, 0) is 26.2 Å². The number of ether oxygens (including phenoxy) is 5. The molecule has 0 bridgehead atoms. The van der Waals surface area contributed by atoms with Gasteiger partial charge in [-0.25, -0.2) is 8.42 Å². The van der Waals surface area contributed by atoms with Gasteiger partial charge < -0.3 is 33.9 Å². The van der Waals surface area contributed by atoms with Gasteiger partial charge in [0.15, 0.2) is 11.5 Å². The number of nitrogens with one attached hydrogen (secondary N) is 1. The van der Waals surface area contributed by atoms with Gasteiger partial charge in [0.1, 0.15) is 29.8 Å². The Morgan fingerprint density at radius 1 is 0.766 bits per heavy atom. The second-order valence-electron chi connectivity index (χ2n) is 11.0. The Kier molecular flexibility index (Phi) is 13.1. The third kappa shape index (κ3) is 9.00. The molecule has 12 nitrogen and oxygen atoms in total. The van der Waals surface area contributed by atoms with Crippen molar-refractivity contribution in [2.75, 3.05) is 52.9 Å². The third-order valence-electron chi connectivity index (χ3n) is 7.46. The van der Waals surface area contributed by atoms with E-state index in [0.29, 0.717) is 23.8 Å². The molecule has 2 amide bonds. The SMILES string of the molecule is CCC(C(=O)NCC(C)C)N(Cc1ccc(OC)cc1)C(=O)CN(c1cc(OC)ccc1OC)S(=O)(=O)c1ccc(OC)c(OC)c1. The minimum Gasteiger partial charge on any atom is -0.497 e. The minimum absolute atomic E-state index is 0.0376. The monoisotopic (exact) mass is 671 g/mol. The Labute approximate surface area is 277 Å². The highest BCUT2D eigenvalue weighted by Crippen LogP contribution is 2.38. The molecule has 0 saturated carbocycles. The summed E-state index contributed by atoms with van der Waals surface area (Å²) in [5.41, 5.74) is 0.791. The Balaban J connectivity index is 2.18. The standard InChI is InChI=1S/C34H45N3O9S/c1-9-28(34(39)35-20-23(2)3)36(21-24-10-12-25(42-4)13-11-24)33(38)22-37(29-18-26(43-5)14-16-30(29)44-6)47(40,41)27-15-17-31(45-7)32(19-27)46-8/h10-19,23,28H,9,20-22H2,1-8H3,(H,35,39). The van der Waals surface area contributed by atoms with E-state index in [2.05, 4.69) is 5.32 Å². The van der Waals surface area contributed by atoms with Gasteiger partial charge in [0, 0.05) is 25.2 Å². The Bertz CT molecular complexity index is 1610. The summed E-state index contributed by atoms with van der Waals surface area (Å²) in [6, 6.07) is 15.0. The van der Waals surface area contributed by atoms with Crippen molar-refractivity contribution in [2.24, 2.45) is 5.92 Å². The minimum atomic E-state index is -4.46. The van der Waals surface area contributed by atoms with E-state index in [0.717, 1.165) is 9.87 Å². The first-order chi connectivity index (χ1) is 22.4. The molecule has 0 aliphatic rings. The third-order valence-corrected chi connectivity index (χ3v) is 9.21. The number of carbonyl (C=O) groups is 2. The maximum absolute atomic E-state index is 14.5. The quantitative estimate of drug-likeness (QED) is 0.220. The summed E-state index contributed by atoms with van der Waals surface area (Å²) < 4.78 is 56.8. The van der Waals surface area contributed by atoms with Crippen molar-refractivity contribution in [1.29, 1.82) is 0 Å². The van der Waals surface area contributed by atoms with Gasteiger partial charge in [-0.05, 0) is 54.3 Å². The van der Waals surface area contributed by atoms with E-state index in [-0.39, 0.29) is 46.9 Å². The van der Waals surface area contributed by atoms with Crippen molar-refractivity contribution in [2.45, 2.75) is 44.7 Å². The topological polar surface area (TPSA) is 133 Å². The van der Waals surface area contributed by atoms with E-state index >= 15 is 0 Å². The molecule has 0 aliphatic heterocycles. The highest BCUT2D eigenvalue weighted by Gasteiger charge is 2.35. The summed E-state index contributed by atoms with van der Waals surface area (Å²) >= 11 is 0. The second kappa shape index (κ2) is 16.8. The zero-order chi connectivity index (χ0) is 34.7. The summed E-state index contributed by atoms with van der Waals surface area (Å²) in [5, 5.41) is 2.92. The molecule has 1 unspecified atom stereocenters. The van der Waals surface area contributed by atoms with Crippen molar-refractivity contribution in [3.63, 3.8) is 0 Å². The Morgan fingerprint density at radius 3 is 1.91 bits per heavy atom. The normalized spacial score (nSPS) is 11.8. The van der Waals surface area contributed by atoms with Crippen LogP contribution >= 0.6 is 0 Å². The van der Waals surface area contributed by atoms with E-state index in [1.54, 1.807) is 50.4 Å². The summed E-state index contributed by atoms with van der Waals surface area (Å²) in [7, 11) is 2.78. The van der Waals surface area contributed by atoms with Crippen LogP contribution in [0.25, 0.3) is 0 Å². The van der Waals surface area contributed by atoms with Crippen LogP contribution in [0.2, 0.25) is 0 Å². The number of hydrogen-bond acceptors (Lipinski definition) is 9. The van der Waals surface area contributed by atoms with Crippen LogP contribution in [0.3, 0.4) is 0 Å². The lowest BCUT2D eigenvalue weighted by Crippen LogP contribution is -2.52. The number of anilines is 1. The van der Waals surface area contributed by atoms with E-state index < -0.39 is 28.5 Å². The van der Waals surface area contributed by atoms with E-state index in [4.69, 9.17) is 23.7 Å². The molecule has 47 heavy (non-hydrogen) atoms. The molecular weight excluding hydrogens is 626 g/mol. The van der Waals surface area contributed by atoms with Gasteiger partial charge >= 0.3 is 0 Å². The van der Waals surface area contributed by atoms with Gasteiger partial charge in [-0.2, -0.15) is 0 Å². The zero-order valence-corrected chi connectivity index (χ0v) is 29.1. The fraction of sp³-hybridized carbons (Fsp3) is 0.412. The van der Waals surface area contributed by atoms with Crippen molar-refractivity contribution >= 4 is 27.5 Å². The molecule has 0 saturated heterocycles. The lowest BCUT2D eigenvalue weighted by molar-refractivity contribution is -0.140. The van der Waals surface area contributed by atoms with Crippen molar-refractivity contribution in [1.82, 2.24) is 10.2 Å². The molecule has 0 aromatic heterocycles. The van der Waals surface area contributed by atoms with E-state index in [1.165, 1.54) is 57.6 Å². The summed E-state index contributed by atoms with van der Waals surface area (Å²) in [6.45, 7) is 5.54. The van der Waals surface area contributed by atoms with Gasteiger partial charge in [-0.1, -0.05) is 32.9 Å². The second-order valence-corrected chi connectivity index (χ2v) is 12.9. The largest absolute Gasteiger partial charge is 0.497 e. The van der Waals surface area contributed by atoms with Crippen molar-refractivity contribution in [3.05, 3.63) is 66.2 Å². The molecule has 1 N–H and O–H groups in total. The van der Waals surface area contributed by atoms with Crippen molar-refractivity contribution in [3.8, 4) is 28.7 Å². The Hall–Kier alpha value is -4.65. The number of amides is 2. The molecule has 0 heterocycles. The molecule has 1 atom stereocenters. The predicted molar refractivity (Wildman–Crippen MR) is 179 cm³/mol. The van der Waals surface area contributed by atoms with Gasteiger partial charge in [0.05, 0.1) is 46.1 Å². The summed E-state index contributed by atoms with van der Waals surface area (Å²) in [6.07, 6.45) is 0.288. The van der Waals surface area contributed by atoms with Gasteiger partial charge in [0.25, 0.3) is 10.0 Å². The van der Waals surface area contributed by atoms with Crippen LogP contribution in [0.15, 0.2) is 65.6 Å². The first-order valence-electron chi connectivity index (χ1n) is 15.1. The smallest absolute Gasteiger partial charge is 0.265 e. The molecule has 0 aliphatic carbocycles. The zero-order valence-electron chi connectivity index (χ0n) is 28.2. The van der Waals surface area contributed by atoms with Gasteiger partial charge in [-0.15, -0.1) is 0 Å². The number of rotatable bonds is 17. The number of sulfonamides is 1. The van der Waals surface area contributed by atoms with Crippen LogP contribution in [0, 0.1) is 5.92 Å². The first kappa shape index (κ1) is 36.8. The van der Waals surface area contributed by atoms with Crippen LogP contribution in [-0.4, -0.2) is 79.8 Å². The fourth-order valence-corrected chi connectivity index (χ4v) is 6.31. The molecular formula is C34H45N3O9S. The molecule has 3 aromatic rings. The number of carbonyl (C=O) groups excluding carboxylic acids is 2. The fourth-order valence-electron chi connectivity index (χ4n) is 4.88. The maximum atomic E-state index is 14.5. The molecule has 0 radical (unpaired) electrons. The lowest BCUT2D eigenvalue weighted by atomic mass is 10.1. The Morgan fingerprint density at radius 2 is 1.36 bits per heavy atom. The average molecular weight is 672 g/mol. The molecule has 0 spiro atoms. The van der Waals surface area contributed by atoms with Gasteiger partial charge in [-0.3, -0.25) is 13.9 Å². The molecule has 256 valence electrons. The van der Waals surface area contributed by atoms with Crippen LogP contribution in [0.4, 0.5) is 5.69 Å². The molecule has 3 rings (SSSR count). The van der Waals surface area contributed by atoms with Gasteiger partial charge in [0.2, 0.25) is 11.8 Å². The average Bonchev–Trinajstić information content (AvgIpc) is 3.08. The molecule has 13 heteroatoms. The van der Waals surface area contributed by atoms with Crippen molar-refractivity contribution < 1.29 is 41.7 Å². The van der Waals surface area contributed by atoms with Crippen LogP contribution in [0.1, 0.15) is 32.8 Å². The maximum Gasteiger partial charge on any atom is 0.265 e. The highest BCUT2D eigenvalue weighted by atomic mass is 32.2. The number of methoxy groups -OCH3 is 5. The summed E-state index contributed by atoms with van der Waals surface area (Å²) in [5.74, 6) is 0.915. The van der Waals surface area contributed by atoms with Crippen LogP contribution < -0.4 is 33.3 Å².